The van der Waals surface area contributed by atoms with Gasteiger partial charge in [-0.05, 0) is 90.4 Å². The standard InChI is InChI=1S/C78H139N3O35P2/c1-51-39-61(116-117(99,100)103-5)65(111-51)47-110-118(101,102)115-60-40-55(43-82)81(42-60)68(92)41-67(91)80-78(48-104-33-19-9-7-6-8-11-23-56(86)27-15-20-34-107-75-52(2)69(93)72(96)62(44-83)112-75,49-105-37-30-59(89)25-13-10-12-24-57(87)28-16-21-35-108-76-53(3)70(94)73(97)63(45-84)113-76)50-106-38-31-66(90)79-32-18-14-26-58(88)29-17-22-36-109-77-54(4)71(95)74(98)64(46-85)114-77/h51-55,60-65,69-77,82-85,93-98H,6-50H2,1-5H3,(H,79,90)(H,80,91)(H,99,100)(H,101,102)/t51-,52?,53?,54?,55-,60+,61-,62?,63?,64?,65+,69+,70+,71+,72-,73-,74-,75+,76+,77+,78?/m0/s1. The second kappa shape index (κ2) is 56.5. The first-order valence-corrected chi connectivity index (χ1v) is 45.2. The zero-order valence-corrected chi connectivity index (χ0v) is 71.3. The number of phosphoric acid groups is 2. The fourth-order valence-electron chi connectivity index (χ4n) is 14.6. The van der Waals surface area contributed by atoms with Gasteiger partial charge in [-0.1, -0.05) is 52.9 Å². The lowest BCUT2D eigenvalue weighted by atomic mass is 9.92. The van der Waals surface area contributed by atoms with Crippen molar-refractivity contribution in [1.29, 1.82) is 0 Å². The fourth-order valence-corrected chi connectivity index (χ4v) is 16.2. The topological polar surface area (TPSA) is 553 Å². The second-order valence-electron chi connectivity index (χ2n) is 31.9. The average molecular weight is 1740 g/mol. The van der Waals surface area contributed by atoms with E-state index in [9.17, 15) is 104 Å². The summed E-state index contributed by atoms with van der Waals surface area (Å²) in [6, 6.07) is -0.987. The van der Waals surface area contributed by atoms with Crippen molar-refractivity contribution in [2.75, 3.05) is 113 Å². The van der Waals surface area contributed by atoms with E-state index >= 15 is 0 Å². The second-order valence-corrected chi connectivity index (χ2v) is 34.8. The number of hydrogen-bond acceptors (Lipinski definition) is 33. The molecule has 3 amide bonds. The van der Waals surface area contributed by atoms with Crippen molar-refractivity contribution in [1.82, 2.24) is 15.5 Å². The number of aliphatic hydroxyl groups excluding tert-OH is 10. The van der Waals surface area contributed by atoms with E-state index in [0.29, 0.717) is 116 Å². The molecule has 118 heavy (non-hydrogen) atoms. The molecule has 5 heterocycles. The molecule has 0 saturated carbocycles. The van der Waals surface area contributed by atoms with Crippen LogP contribution in [0.1, 0.15) is 214 Å². The molecular weight excluding hydrogens is 1600 g/mol. The predicted molar refractivity (Wildman–Crippen MR) is 418 cm³/mol. The average Bonchev–Trinajstić information content (AvgIpc) is 1.62. The van der Waals surface area contributed by atoms with Gasteiger partial charge in [-0.3, -0.25) is 51.7 Å². The van der Waals surface area contributed by atoms with Crippen LogP contribution in [0, 0.1) is 17.8 Å². The molecule has 0 aromatic heterocycles. The van der Waals surface area contributed by atoms with Crippen molar-refractivity contribution >= 4 is 56.5 Å². The monoisotopic (exact) mass is 1740 g/mol. The molecule has 0 bridgehead atoms. The first-order valence-electron chi connectivity index (χ1n) is 42.2. The maximum atomic E-state index is 14.4. The number of ether oxygens (including phenoxy) is 10. The molecule has 40 heteroatoms. The third-order valence-electron chi connectivity index (χ3n) is 21.9. The van der Waals surface area contributed by atoms with E-state index in [4.69, 9.17) is 60.9 Å². The highest BCUT2D eigenvalue weighted by atomic mass is 31.2. The van der Waals surface area contributed by atoms with Crippen molar-refractivity contribution in [3.05, 3.63) is 0 Å². The zero-order valence-electron chi connectivity index (χ0n) is 69.5. The summed E-state index contributed by atoms with van der Waals surface area (Å²) in [7, 11) is -8.48. The lowest BCUT2D eigenvalue weighted by molar-refractivity contribution is -0.282. The van der Waals surface area contributed by atoms with Crippen LogP contribution in [0.25, 0.3) is 0 Å². The minimum Gasteiger partial charge on any atom is -0.394 e. The SMILES string of the molecule is COP(=O)(O)O[C@H]1C[C@H](C)O[C@@H]1COP(=O)(O)O[C@@H]1C[C@@H](CO)N(C(=O)CC(=O)NC(COCCCCCCCCC(=O)CCCCO[C@@H]2OC(CO)[C@H](O)[C@H](O)C2C)(COCCC(=O)CCCCCC(=O)CCCCO[C@@H]2OC(CO)[C@H](O)[C@H](O)C2C)COCCC(=O)NCCCCC(=O)CCCCO[C@@H]2OC(CO)[C@H](O)[C@H](O)C2C)C1. The molecule has 0 radical (unpaired) electrons. The van der Waals surface area contributed by atoms with Gasteiger partial charge in [0.05, 0.1) is 103 Å². The lowest BCUT2D eigenvalue weighted by Gasteiger charge is -2.40. The van der Waals surface area contributed by atoms with E-state index in [0.717, 1.165) is 37.7 Å². The number of aliphatic hydroxyl groups is 10. The van der Waals surface area contributed by atoms with E-state index in [-0.39, 0.29) is 140 Å². The molecule has 0 aliphatic carbocycles. The molecule has 14 N–H and O–H groups in total. The van der Waals surface area contributed by atoms with E-state index < -0.39 is 194 Å². The maximum absolute atomic E-state index is 14.4. The van der Waals surface area contributed by atoms with Gasteiger partial charge in [0.1, 0.15) is 83.9 Å². The van der Waals surface area contributed by atoms with Crippen LogP contribution in [0.15, 0.2) is 0 Å². The number of nitrogens with one attached hydrogen (secondary N) is 2. The number of ketones is 4. The largest absolute Gasteiger partial charge is 0.472 e. The van der Waals surface area contributed by atoms with E-state index in [2.05, 4.69) is 15.2 Å². The van der Waals surface area contributed by atoms with Gasteiger partial charge >= 0.3 is 15.6 Å². The molecule has 0 aromatic carbocycles. The van der Waals surface area contributed by atoms with Crippen LogP contribution in [-0.4, -0.2) is 329 Å². The van der Waals surface area contributed by atoms with Gasteiger partial charge in [0.15, 0.2) is 18.9 Å². The molecule has 0 aromatic rings. The summed E-state index contributed by atoms with van der Waals surface area (Å²) in [5.74, 6) is -3.57. The highest BCUT2D eigenvalue weighted by Gasteiger charge is 2.47. The van der Waals surface area contributed by atoms with Crippen molar-refractivity contribution in [2.24, 2.45) is 17.8 Å². The molecule has 9 unspecified atom stereocenters. The Labute approximate surface area is 692 Å². The number of carbonyl (C=O) groups excluding carboxylic acids is 7. The first kappa shape index (κ1) is 105. The number of Topliss-reactive ketones (excluding diaryl/α,β-unsaturated/α-hetero) is 4. The predicted octanol–water partition coefficient (Wildman–Crippen LogP) is 2.50. The van der Waals surface area contributed by atoms with Gasteiger partial charge in [0.2, 0.25) is 17.7 Å². The van der Waals surface area contributed by atoms with Crippen LogP contribution in [-0.2, 0) is 108 Å². The van der Waals surface area contributed by atoms with Crippen LogP contribution in [0.4, 0.5) is 0 Å². The third-order valence-corrected chi connectivity index (χ3v) is 23.9. The van der Waals surface area contributed by atoms with Gasteiger partial charge in [-0.25, -0.2) is 9.13 Å². The summed E-state index contributed by atoms with van der Waals surface area (Å²) in [5, 5.41) is 106. The van der Waals surface area contributed by atoms with Gasteiger partial charge < -0.3 is 124 Å². The number of carbonyl (C=O) groups is 7. The highest BCUT2D eigenvalue weighted by Crippen LogP contribution is 2.50. The summed E-state index contributed by atoms with van der Waals surface area (Å²) in [5.41, 5.74) is -1.58. The number of hydrogen-bond donors (Lipinski definition) is 14. The molecule has 38 nitrogen and oxygen atoms in total. The Bertz CT molecular complexity index is 2910. The van der Waals surface area contributed by atoms with Crippen molar-refractivity contribution in [3.8, 4) is 0 Å². The van der Waals surface area contributed by atoms with E-state index in [1.807, 2.05) is 0 Å². The molecule has 5 aliphatic rings. The first-order chi connectivity index (χ1) is 56.3. The summed E-state index contributed by atoms with van der Waals surface area (Å²) in [6.07, 6.45) is -4.76. The highest BCUT2D eigenvalue weighted by molar-refractivity contribution is 7.47. The van der Waals surface area contributed by atoms with Gasteiger partial charge in [0, 0.05) is 129 Å². The number of unbranched alkanes of at least 4 members (excludes halogenated alkanes) is 11. The Hall–Kier alpha value is -3.49. The number of phosphoric ester groups is 2. The molecule has 0 spiro atoms. The van der Waals surface area contributed by atoms with Gasteiger partial charge in [0.25, 0.3) is 0 Å². The summed E-state index contributed by atoms with van der Waals surface area (Å²) in [4.78, 5) is 115. The quantitative estimate of drug-likeness (QED) is 0.0236. The van der Waals surface area contributed by atoms with Crippen molar-refractivity contribution in [3.63, 3.8) is 0 Å². The lowest BCUT2D eigenvalue weighted by Crippen LogP contribution is -2.59. The normalized spacial score (nSPS) is 29.6. The van der Waals surface area contributed by atoms with Crippen LogP contribution < -0.4 is 10.6 Å². The fraction of sp³-hybridized carbons (Fsp3) is 0.910. The minimum atomic E-state index is -4.96. The number of amides is 3. The maximum Gasteiger partial charge on any atom is 0.472 e. The molecule has 5 saturated heterocycles. The van der Waals surface area contributed by atoms with Gasteiger partial charge in [-0.15, -0.1) is 0 Å². The summed E-state index contributed by atoms with van der Waals surface area (Å²) >= 11 is 0. The Morgan fingerprint density at radius 2 is 0.839 bits per heavy atom. The number of nitrogens with zero attached hydrogens (tertiary/aromatic N) is 1. The van der Waals surface area contributed by atoms with E-state index in [1.165, 1.54) is 0 Å². The molecule has 23 atom stereocenters. The third kappa shape index (κ3) is 38.5. The van der Waals surface area contributed by atoms with Crippen molar-refractivity contribution < 1.29 is 169 Å². The Morgan fingerprint density at radius 3 is 1.29 bits per heavy atom. The van der Waals surface area contributed by atoms with Gasteiger partial charge in [-0.2, -0.15) is 0 Å². The molecule has 5 fully saturated rings. The van der Waals surface area contributed by atoms with Crippen LogP contribution in [0.2, 0.25) is 0 Å². The Kier molecular flexibility index (Phi) is 50.3. The molecular formula is C78H139N3O35P2. The number of likely N-dealkylation sites (tertiary alicyclic amines) is 1. The molecule has 5 aliphatic heterocycles. The zero-order chi connectivity index (χ0) is 86.8. The van der Waals surface area contributed by atoms with Crippen LogP contribution >= 0.6 is 15.6 Å². The van der Waals surface area contributed by atoms with Crippen LogP contribution in [0.5, 0.6) is 0 Å². The summed E-state index contributed by atoms with van der Waals surface area (Å²) < 4.78 is 104. The Morgan fingerprint density at radius 1 is 0.441 bits per heavy atom. The summed E-state index contributed by atoms with van der Waals surface area (Å²) in [6.45, 7) is 3.58. The molecule has 686 valence electrons. The smallest absolute Gasteiger partial charge is 0.394 e. The Balaban J connectivity index is 1.16. The van der Waals surface area contributed by atoms with Crippen molar-refractivity contribution in [2.45, 2.75) is 324 Å². The molecule has 5 rings (SSSR count). The number of rotatable bonds is 65. The minimum absolute atomic E-state index is 0.0274. The van der Waals surface area contributed by atoms with Crippen LogP contribution in [0.3, 0.4) is 0 Å². The van der Waals surface area contributed by atoms with E-state index in [1.54, 1.807) is 27.7 Å².